The number of nitrogens with zero attached hydrogens (tertiary/aromatic N) is 3. The highest BCUT2D eigenvalue weighted by molar-refractivity contribution is 5.94. The number of rotatable bonds is 6. The molecule has 9 nitrogen and oxygen atoms in total. The molecule has 0 fully saturated rings. The number of fused-ring (bicyclic) bond motifs is 1. The van der Waals surface area contributed by atoms with E-state index in [1.165, 1.54) is 37.6 Å². The summed E-state index contributed by atoms with van der Waals surface area (Å²) in [5.74, 6) is -0.932. The molecular weight excluding hydrogens is 407 g/mol. The fraction of sp³-hybridized carbons (Fsp3) is 0.278. The summed E-state index contributed by atoms with van der Waals surface area (Å²) in [6, 6.07) is 6.76. The summed E-state index contributed by atoms with van der Waals surface area (Å²) in [6.45, 7) is 1.33. The number of alkyl halides is 3. The van der Waals surface area contributed by atoms with Gasteiger partial charge in [-0.1, -0.05) is 0 Å². The van der Waals surface area contributed by atoms with E-state index in [1.54, 1.807) is 6.92 Å². The van der Waals surface area contributed by atoms with Gasteiger partial charge in [0.15, 0.2) is 5.65 Å². The number of ether oxygens (including phenoxy) is 2. The molecule has 2 heterocycles. The molecule has 1 aromatic carbocycles. The predicted octanol–water partition coefficient (Wildman–Crippen LogP) is 1.81. The SMILES string of the molecule is COc1ccc(CNC(=O)c2ccc3nn(C(C)N)c(=O)n3c2)c(OC(F)(F)F)c1. The Hall–Kier alpha value is -3.54. The number of hydrogen-bond acceptors (Lipinski definition) is 6. The first-order valence-corrected chi connectivity index (χ1v) is 8.66. The van der Waals surface area contributed by atoms with Gasteiger partial charge >= 0.3 is 12.1 Å². The number of nitrogens with two attached hydrogens (primary N) is 1. The first-order chi connectivity index (χ1) is 14.1. The minimum Gasteiger partial charge on any atom is -0.497 e. The maximum atomic E-state index is 12.7. The number of methoxy groups -OCH3 is 1. The van der Waals surface area contributed by atoms with E-state index < -0.39 is 29.9 Å². The molecule has 0 bridgehead atoms. The van der Waals surface area contributed by atoms with Crippen molar-refractivity contribution in [3.8, 4) is 11.5 Å². The molecule has 3 N–H and O–H groups in total. The number of amides is 1. The minimum atomic E-state index is -4.91. The lowest BCUT2D eigenvalue weighted by atomic mass is 10.1. The highest BCUT2D eigenvalue weighted by Crippen LogP contribution is 2.30. The van der Waals surface area contributed by atoms with Crippen molar-refractivity contribution in [2.75, 3.05) is 7.11 Å². The molecule has 3 rings (SSSR count). The van der Waals surface area contributed by atoms with Gasteiger partial charge in [-0.15, -0.1) is 18.3 Å². The molecular formula is C18H18F3N5O4. The van der Waals surface area contributed by atoms with Crippen LogP contribution in [0.1, 0.15) is 29.0 Å². The Morgan fingerprint density at radius 2 is 2.03 bits per heavy atom. The Bertz CT molecular complexity index is 1140. The number of pyridine rings is 1. The van der Waals surface area contributed by atoms with Crippen LogP contribution in [-0.2, 0) is 6.54 Å². The lowest BCUT2D eigenvalue weighted by Crippen LogP contribution is -2.29. The molecule has 0 spiro atoms. The molecule has 160 valence electrons. The van der Waals surface area contributed by atoms with Crippen molar-refractivity contribution in [3.63, 3.8) is 0 Å². The van der Waals surface area contributed by atoms with Gasteiger partial charge in [-0.2, -0.15) is 4.68 Å². The number of carbonyl (C=O) groups is 1. The summed E-state index contributed by atoms with van der Waals surface area (Å²) in [4.78, 5) is 24.7. The van der Waals surface area contributed by atoms with Gasteiger partial charge in [0.05, 0.1) is 12.7 Å². The second-order valence-corrected chi connectivity index (χ2v) is 6.32. The van der Waals surface area contributed by atoms with Gasteiger partial charge in [0, 0.05) is 24.4 Å². The van der Waals surface area contributed by atoms with Crippen LogP contribution >= 0.6 is 0 Å². The van der Waals surface area contributed by atoms with Crippen molar-refractivity contribution in [3.05, 3.63) is 58.1 Å². The van der Waals surface area contributed by atoms with Crippen molar-refractivity contribution in [1.82, 2.24) is 19.5 Å². The molecule has 0 saturated carbocycles. The zero-order valence-corrected chi connectivity index (χ0v) is 15.9. The summed E-state index contributed by atoms with van der Waals surface area (Å²) in [6.07, 6.45) is -4.28. The molecule has 0 saturated heterocycles. The Morgan fingerprint density at radius 1 is 1.30 bits per heavy atom. The fourth-order valence-electron chi connectivity index (χ4n) is 2.70. The van der Waals surface area contributed by atoms with Gasteiger partial charge in [-0.05, 0) is 31.2 Å². The van der Waals surface area contributed by atoms with E-state index in [2.05, 4.69) is 15.2 Å². The molecule has 1 amide bonds. The van der Waals surface area contributed by atoms with E-state index in [9.17, 15) is 22.8 Å². The highest BCUT2D eigenvalue weighted by atomic mass is 19.4. The van der Waals surface area contributed by atoms with E-state index in [-0.39, 0.29) is 23.4 Å². The zero-order chi connectivity index (χ0) is 22.1. The molecule has 0 radical (unpaired) electrons. The molecule has 12 heteroatoms. The summed E-state index contributed by atoms with van der Waals surface area (Å²) < 4.78 is 49.1. The van der Waals surface area contributed by atoms with Crippen LogP contribution in [0.3, 0.4) is 0 Å². The summed E-state index contributed by atoms with van der Waals surface area (Å²) in [7, 11) is 1.31. The van der Waals surface area contributed by atoms with Crippen molar-refractivity contribution in [2.45, 2.75) is 26.0 Å². The van der Waals surface area contributed by atoms with Crippen molar-refractivity contribution >= 4 is 11.6 Å². The zero-order valence-electron chi connectivity index (χ0n) is 15.9. The van der Waals surface area contributed by atoms with Crippen LogP contribution in [0.25, 0.3) is 5.65 Å². The molecule has 0 aliphatic carbocycles. The summed E-state index contributed by atoms with van der Waals surface area (Å²) >= 11 is 0. The Balaban J connectivity index is 1.82. The lowest BCUT2D eigenvalue weighted by Gasteiger charge is -2.15. The third-order valence-corrected chi connectivity index (χ3v) is 4.13. The van der Waals surface area contributed by atoms with Crippen LogP contribution in [0.2, 0.25) is 0 Å². The average Bonchev–Trinajstić information content (AvgIpc) is 3.02. The average molecular weight is 425 g/mol. The van der Waals surface area contributed by atoms with Gasteiger partial charge < -0.3 is 20.5 Å². The molecule has 0 aliphatic rings. The van der Waals surface area contributed by atoms with E-state index in [0.717, 1.165) is 15.1 Å². The van der Waals surface area contributed by atoms with Crippen LogP contribution in [0.4, 0.5) is 13.2 Å². The number of benzene rings is 1. The number of hydrogen-bond donors (Lipinski definition) is 2. The summed E-state index contributed by atoms with van der Waals surface area (Å²) in [5.41, 5.74) is 5.65. The maximum absolute atomic E-state index is 12.7. The van der Waals surface area contributed by atoms with Crippen LogP contribution in [-0.4, -0.2) is 33.6 Å². The Kier molecular flexibility index (Phi) is 5.69. The number of aromatic nitrogens is 3. The monoisotopic (exact) mass is 425 g/mol. The van der Waals surface area contributed by atoms with E-state index in [1.807, 2.05) is 0 Å². The van der Waals surface area contributed by atoms with Gasteiger partial charge in [-0.3, -0.25) is 4.79 Å². The smallest absolute Gasteiger partial charge is 0.497 e. The van der Waals surface area contributed by atoms with Gasteiger partial charge in [0.2, 0.25) is 0 Å². The van der Waals surface area contributed by atoms with Crippen molar-refractivity contribution < 1.29 is 27.4 Å². The van der Waals surface area contributed by atoms with Crippen molar-refractivity contribution in [2.24, 2.45) is 5.73 Å². The fourth-order valence-corrected chi connectivity index (χ4v) is 2.70. The Labute approximate surface area is 167 Å². The number of nitrogens with one attached hydrogen (secondary N) is 1. The van der Waals surface area contributed by atoms with Gasteiger partial charge in [0.25, 0.3) is 5.91 Å². The third kappa shape index (κ3) is 4.54. The van der Waals surface area contributed by atoms with Gasteiger partial charge in [0.1, 0.15) is 17.7 Å². The largest absolute Gasteiger partial charge is 0.573 e. The minimum absolute atomic E-state index is 0.0875. The standard InChI is InChI=1S/C18H18F3N5O4/c1-10(22)26-17(28)25-9-12(4-6-15(25)24-26)16(27)23-8-11-3-5-13(29-2)7-14(11)30-18(19,20)21/h3-7,9-10H,8,22H2,1-2H3,(H,23,27). The molecule has 2 aromatic heterocycles. The van der Waals surface area contributed by atoms with Gasteiger partial charge in [-0.25, -0.2) is 9.20 Å². The van der Waals surface area contributed by atoms with Crippen LogP contribution in [0.15, 0.2) is 41.3 Å². The normalized spacial score (nSPS) is 12.6. The second kappa shape index (κ2) is 8.06. The van der Waals surface area contributed by atoms with Crippen LogP contribution in [0.5, 0.6) is 11.5 Å². The van der Waals surface area contributed by atoms with E-state index in [4.69, 9.17) is 10.5 Å². The lowest BCUT2D eigenvalue weighted by molar-refractivity contribution is -0.274. The predicted molar refractivity (Wildman–Crippen MR) is 99.2 cm³/mol. The third-order valence-electron chi connectivity index (χ3n) is 4.13. The van der Waals surface area contributed by atoms with E-state index >= 15 is 0 Å². The molecule has 30 heavy (non-hydrogen) atoms. The molecule has 0 aliphatic heterocycles. The van der Waals surface area contributed by atoms with E-state index in [0.29, 0.717) is 5.65 Å². The molecule has 1 atom stereocenters. The Morgan fingerprint density at radius 3 is 2.67 bits per heavy atom. The number of carbonyl (C=O) groups excluding carboxylic acids is 1. The quantitative estimate of drug-likeness (QED) is 0.623. The van der Waals surface area contributed by atoms with Crippen molar-refractivity contribution in [1.29, 1.82) is 0 Å². The van der Waals surface area contributed by atoms with Crippen LogP contribution < -0.4 is 26.2 Å². The first-order valence-electron chi connectivity index (χ1n) is 8.66. The molecule has 3 aromatic rings. The number of halogens is 3. The second-order valence-electron chi connectivity index (χ2n) is 6.32. The highest BCUT2D eigenvalue weighted by Gasteiger charge is 2.32. The maximum Gasteiger partial charge on any atom is 0.573 e. The van der Waals surface area contributed by atoms with Crippen LogP contribution in [0, 0.1) is 0 Å². The molecule has 1 unspecified atom stereocenters. The first kappa shape index (κ1) is 21.2. The summed E-state index contributed by atoms with van der Waals surface area (Å²) in [5, 5.41) is 6.54. The topological polar surface area (TPSA) is 113 Å².